The molecule has 0 bridgehead atoms. The molecule has 2 heterocycles. The van der Waals surface area contributed by atoms with E-state index in [1.165, 1.54) is 0 Å². The largest absolute Gasteiger partial charge is 0.271 e. The fourth-order valence-corrected chi connectivity index (χ4v) is 1.40. The van der Waals surface area contributed by atoms with Crippen LogP contribution in [0.2, 0.25) is 0 Å². The summed E-state index contributed by atoms with van der Waals surface area (Å²) in [7, 11) is 0. The van der Waals surface area contributed by atoms with Gasteiger partial charge >= 0.3 is 0 Å². The molecule has 0 saturated carbocycles. The van der Waals surface area contributed by atoms with E-state index in [-0.39, 0.29) is 6.04 Å². The highest BCUT2D eigenvalue weighted by molar-refractivity contribution is 5.26. The van der Waals surface area contributed by atoms with E-state index in [9.17, 15) is 0 Å². The van der Waals surface area contributed by atoms with Crippen LogP contribution in [0, 0.1) is 0 Å². The Bertz CT molecular complexity index is 363. The van der Waals surface area contributed by atoms with Crippen LogP contribution >= 0.6 is 0 Å². The van der Waals surface area contributed by atoms with Crippen LogP contribution in [0.3, 0.4) is 0 Å². The molecule has 2 rings (SSSR count). The van der Waals surface area contributed by atoms with Crippen LogP contribution in [0.15, 0.2) is 43.0 Å². The van der Waals surface area contributed by atoms with E-state index in [4.69, 9.17) is 5.84 Å². The van der Waals surface area contributed by atoms with E-state index >= 15 is 0 Å². The lowest BCUT2D eigenvalue weighted by atomic mass is 10.0. The van der Waals surface area contributed by atoms with Crippen LogP contribution in [0.4, 0.5) is 0 Å². The molecule has 15 heavy (non-hydrogen) atoms. The monoisotopic (exact) mass is 201 g/mol. The van der Waals surface area contributed by atoms with Gasteiger partial charge in [0.15, 0.2) is 0 Å². The summed E-state index contributed by atoms with van der Waals surface area (Å²) in [4.78, 5) is 4.05. The first kappa shape index (κ1) is 9.70. The summed E-state index contributed by atoms with van der Waals surface area (Å²) in [5.41, 5.74) is 4.68. The number of pyridine rings is 1. The van der Waals surface area contributed by atoms with E-state index < -0.39 is 0 Å². The predicted molar refractivity (Wildman–Crippen MR) is 55.4 cm³/mol. The average molecular weight is 201 g/mol. The molecule has 5 nitrogen and oxygen atoms in total. The van der Waals surface area contributed by atoms with Gasteiger partial charge in [0.05, 0.1) is 12.2 Å². The number of rotatable bonds is 3. The predicted octanol–water partition coefficient (Wildman–Crippen LogP) is 0.424. The number of hydrogen-bond donors (Lipinski definition) is 2. The highest BCUT2D eigenvalue weighted by Crippen LogP contribution is 2.18. The van der Waals surface area contributed by atoms with Gasteiger partial charge in [-0.3, -0.25) is 10.8 Å². The van der Waals surface area contributed by atoms with E-state index in [2.05, 4.69) is 20.6 Å². The Morgan fingerprint density at radius 1 is 1.07 bits per heavy atom. The number of hydrogen-bond acceptors (Lipinski definition) is 5. The average Bonchev–Trinajstić information content (AvgIpc) is 2.33. The maximum Gasteiger partial charge on any atom is 0.0741 e. The Kier molecular flexibility index (Phi) is 2.96. The third kappa shape index (κ3) is 2.15. The van der Waals surface area contributed by atoms with Gasteiger partial charge in [-0.25, -0.2) is 5.43 Å². The summed E-state index contributed by atoms with van der Waals surface area (Å²) in [6, 6.07) is 5.59. The lowest BCUT2D eigenvalue weighted by Gasteiger charge is -2.15. The minimum Gasteiger partial charge on any atom is -0.271 e. The van der Waals surface area contributed by atoms with Crippen LogP contribution in [0.25, 0.3) is 0 Å². The van der Waals surface area contributed by atoms with Crippen molar-refractivity contribution in [2.24, 2.45) is 5.84 Å². The summed E-state index contributed by atoms with van der Waals surface area (Å²) in [6.45, 7) is 0. The molecule has 2 aromatic heterocycles. The summed E-state index contributed by atoms with van der Waals surface area (Å²) in [5, 5.41) is 7.53. The first-order chi connectivity index (χ1) is 7.42. The van der Waals surface area contributed by atoms with Crippen molar-refractivity contribution in [1.82, 2.24) is 20.6 Å². The zero-order chi connectivity index (χ0) is 10.5. The van der Waals surface area contributed by atoms with Gasteiger partial charge in [0, 0.05) is 18.6 Å². The second-order valence-electron chi connectivity index (χ2n) is 3.06. The Morgan fingerprint density at radius 3 is 2.53 bits per heavy atom. The third-order valence-corrected chi connectivity index (χ3v) is 2.12. The van der Waals surface area contributed by atoms with E-state index in [1.807, 2.05) is 18.2 Å². The highest BCUT2D eigenvalue weighted by Gasteiger charge is 2.11. The van der Waals surface area contributed by atoms with Crippen LogP contribution in [0.1, 0.15) is 17.2 Å². The molecule has 1 unspecified atom stereocenters. The molecule has 3 N–H and O–H groups in total. The van der Waals surface area contributed by atoms with Gasteiger partial charge in [-0.2, -0.15) is 10.2 Å². The SMILES string of the molecule is NNC(c1cccnc1)c1ccnnc1. The maximum absolute atomic E-state index is 5.51. The number of aromatic nitrogens is 3. The van der Waals surface area contributed by atoms with Gasteiger partial charge in [-0.1, -0.05) is 6.07 Å². The summed E-state index contributed by atoms with van der Waals surface area (Å²) in [6.07, 6.45) is 6.81. The lowest BCUT2D eigenvalue weighted by Crippen LogP contribution is -2.29. The number of nitrogens with two attached hydrogens (primary N) is 1. The second kappa shape index (κ2) is 4.59. The van der Waals surface area contributed by atoms with Gasteiger partial charge in [0.25, 0.3) is 0 Å². The normalized spacial score (nSPS) is 12.3. The smallest absolute Gasteiger partial charge is 0.0741 e. The highest BCUT2D eigenvalue weighted by atomic mass is 15.2. The quantitative estimate of drug-likeness (QED) is 0.556. The minimum absolute atomic E-state index is 0.103. The van der Waals surface area contributed by atoms with Crippen molar-refractivity contribution >= 4 is 0 Å². The molecule has 0 fully saturated rings. The molecule has 0 aliphatic heterocycles. The molecule has 0 aromatic carbocycles. The zero-order valence-electron chi connectivity index (χ0n) is 8.04. The van der Waals surface area contributed by atoms with Crippen molar-refractivity contribution in [2.45, 2.75) is 6.04 Å². The van der Waals surface area contributed by atoms with Crippen molar-refractivity contribution in [3.8, 4) is 0 Å². The van der Waals surface area contributed by atoms with Gasteiger partial charge < -0.3 is 0 Å². The van der Waals surface area contributed by atoms with E-state index in [0.717, 1.165) is 11.1 Å². The molecule has 76 valence electrons. The van der Waals surface area contributed by atoms with Crippen molar-refractivity contribution in [2.75, 3.05) is 0 Å². The molecule has 0 aliphatic carbocycles. The van der Waals surface area contributed by atoms with E-state index in [0.29, 0.717) is 0 Å². The first-order valence-electron chi connectivity index (χ1n) is 4.54. The Hall–Kier alpha value is -1.85. The fraction of sp³-hybridized carbons (Fsp3) is 0.100. The number of nitrogens with zero attached hydrogens (tertiary/aromatic N) is 3. The van der Waals surface area contributed by atoms with Crippen molar-refractivity contribution in [3.05, 3.63) is 54.1 Å². The second-order valence-corrected chi connectivity index (χ2v) is 3.06. The lowest BCUT2D eigenvalue weighted by molar-refractivity contribution is 0.630. The fourth-order valence-electron chi connectivity index (χ4n) is 1.40. The molecule has 0 aliphatic rings. The third-order valence-electron chi connectivity index (χ3n) is 2.12. The molecular weight excluding hydrogens is 190 g/mol. The molecule has 0 saturated heterocycles. The number of hydrazine groups is 1. The number of nitrogens with one attached hydrogen (secondary N) is 1. The van der Waals surface area contributed by atoms with E-state index in [1.54, 1.807) is 24.8 Å². The Labute approximate surface area is 87.3 Å². The van der Waals surface area contributed by atoms with Gasteiger partial charge in [-0.15, -0.1) is 0 Å². The van der Waals surface area contributed by atoms with Gasteiger partial charge in [-0.05, 0) is 23.3 Å². The van der Waals surface area contributed by atoms with Gasteiger partial charge in [0.2, 0.25) is 0 Å². The first-order valence-corrected chi connectivity index (χ1v) is 4.54. The van der Waals surface area contributed by atoms with Crippen molar-refractivity contribution in [3.63, 3.8) is 0 Å². The van der Waals surface area contributed by atoms with Crippen molar-refractivity contribution < 1.29 is 0 Å². The molecule has 0 spiro atoms. The van der Waals surface area contributed by atoms with Crippen LogP contribution in [-0.2, 0) is 0 Å². The Morgan fingerprint density at radius 2 is 1.93 bits per heavy atom. The standard InChI is InChI=1S/C10H11N5/c11-15-10(8-2-1-4-12-6-8)9-3-5-13-14-7-9/h1-7,10,15H,11H2. The maximum atomic E-state index is 5.51. The molecule has 2 aromatic rings. The zero-order valence-corrected chi connectivity index (χ0v) is 8.04. The van der Waals surface area contributed by atoms with Crippen LogP contribution in [-0.4, -0.2) is 15.2 Å². The van der Waals surface area contributed by atoms with Gasteiger partial charge in [0.1, 0.15) is 0 Å². The molecule has 5 heteroatoms. The molecule has 0 radical (unpaired) electrons. The summed E-state index contributed by atoms with van der Waals surface area (Å²) in [5.74, 6) is 5.51. The van der Waals surface area contributed by atoms with Crippen LogP contribution in [0.5, 0.6) is 0 Å². The minimum atomic E-state index is -0.103. The Balaban J connectivity index is 2.34. The van der Waals surface area contributed by atoms with Crippen LogP contribution < -0.4 is 11.3 Å². The molecular formula is C10H11N5. The molecule has 0 amide bonds. The summed E-state index contributed by atoms with van der Waals surface area (Å²) >= 11 is 0. The summed E-state index contributed by atoms with van der Waals surface area (Å²) < 4.78 is 0. The topological polar surface area (TPSA) is 76.7 Å². The van der Waals surface area contributed by atoms with Crippen molar-refractivity contribution in [1.29, 1.82) is 0 Å². The molecule has 1 atom stereocenters.